The van der Waals surface area contributed by atoms with Crippen molar-refractivity contribution in [2.75, 3.05) is 33.4 Å². The second kappa shape index (κ2) is 13.4. The topological polar surface area (TPSA) is 114 Å². The predicted octanol–water partition coefficient (Wildman–Crippen LogP) is 3.47. The van der Waals surface area contributed by atoms with E-state index in [1.807, 2.05) is 44.2 Å². The normalized spacial score (nSPS) is 26.7. The average Bonchev–Trinajstić information content (AvgIpc) is 3.21. The Bertz CT molecular complexity index is 1290. The van der Waals surface area contributed by atoms with Gasteiger partial charge < -0.3 is 24.6 Å². The fourth-order valence-electron chi connectivity index (χ4n) is 6.87. The van der Waals surface area contributed by atoms with Crippen LogP contribution in [0.5, 0.6) is 5.75 Å². The Hall–Kier alpha value is -2.50. The SMILES string of the molecule is COc1ccc(S(=O)(=O)N(CC(C)C)C[C@@H](O)[C@H](Cc2ccccc2)NC(=O)C[C@H]2C3CCC4[C@@H](OC3)OC[C@H]42)cc1. The fourth-order valence-corrected chi connectivity index (χ4v) is 8.49. The smallest absolute Gasteiger partial charge is 0.243 e. The van der Waals surface area contributed by atoms with Crippen LogP contribution in [0.2, 0.25) is 0 Å². The number of nitrogens with one attached hydrogen (secondary N) is 1. The molecule has 0 aromatic heterocycles. The first-order valence-electron chi connectivity index (χ1n) is 15.0. The highest BCUT2D eigenvalue weighted by atomic mass is 32.2. The Labute approximate surface area is 249 Å². The van der Waals surface area contributed by atoms with Crippen molar-refractivity contribution < 1.29 is 32.5 Å². The lowest BCUT2D eigenvalue weighted by molar-refractivity contribution is -0.134. The Morgan fingerprint density at radius 2 is 1.74 bits per heavy atom. The molecule has 2 N–H and O–H groups in total. The lowest BCUT2D eigenvalue weighted by atomic mass is 9.67. The van der Waals surface area contributed by atoms with Crippen LogP contribution >= 0.6 is 0 Å². The zero-order valence-electron chi connectivity index (χ0n) is 24.7. The van der Waals surface area contributed by atoms with E-state index < -0.39 is 22.2 Å². The minimum absolute atomic E-state index is 0.0257. The molecule has 0 radical (unpaired) electrons. The van der Waals surface area contributed by atoms with Crippen LogP contribution < -0.4 is 10.1 Å². The van der Waals surface area contributed by atoms with E-state index in [1.165, 1.54) is 23.5 Å². The Kier molecular flexibility index (Phi) is 9.89. The van der Waals surface area contributed by atoms with Crippen molar-refractivity contribution in [3.8, 4) is 5.75 Å². The van der Waals surface area contributed by atoms with Crippen LogP contribution in [-0.4, -0.2) is 75.6 Å². The maximum absolute atomic E-state index is 13.7. The summed E-state index contributed by atoms with van der Waals surface area (Å²) in [5.74, 6) is 1.57. The maximum Gasteiger partial charge on any atom is 0.243 e. The highest BCUT2D eigenvalue weighted by Gasteiger charge is 2.51. The number of amides is 1. The van der Waals surface area contributed by atoms with E-state index in [1.54, 1.807) is 12.1 Å². The van der Waals surface area contributed by atoms with Crippen LogP contribution in [-0.2, 0) is 30.7 Å². The van der Waals surface area contributed by atoms with E-state index >= 15 is 0 Å². The number of aliphatic hydroxyl groups excluding tert-OH is 1. The van der Waals surface area contributed by atoms with E-state index in [0.29, 0.717) is 49.6 Å². The number of ether oxygens (including phenoxy) is 3. The standard InChI is InChI=1S/C32H44N2O7S/c1-21(2)17-34(42(37,38)25-12-10-24(39-3)11-13-25)18-30(35)29(15-22-7-5-4-6-8-22)33-31(36)16-27-23-9-14-26-28(27)20-41-32(26)40-19-23/h4-8,10-13,21,23,26-30,32,35H,9,14-20H2,1-3H3,(H,33,36)/t23?,26?,27-,28+,29-,30+,32-/m0/s1. The Morgan fingerprint density at radius 1 is 1.02 bits per heavy atom. The molecular weight excluding hydrogens is 556 g/mol. The summed E-state index contributed by atoms with van der Waals surface area (Å²) >= 11 is 0. The van der Waals surface area contributed by atoms with Crippen molar-refractivity contribution in [2.45, 2.75) is 62.9 Å². The molecule has 1 saturated carbocycles. The van der Waals surface area contributed by atoms with Gasteiger partial charge in [0, 0.05) is 25.4 Å². The number of nitrogens with zero attached hydrogens (tertiary/aromatic N) is 1. The van der Waals surface area contributed by atoms with Gasteiger partial charge >= 0.3 is 0 Å². The quantitative estimate of drug-likeness (QED) is 0.362. The molecule has 2 aromatic rings. The molecule has 9 nitrogen and oxygen atoms in total. The molecular formula is C32H44N2O7S. The third kappa shape index (κ3) is 7.00. The molecule has 2 aromatic carbocycles. The van der Waals surface area contributed by atoms with Crippen LogP contribution in [0.25, 0.3) is 0 Å². The van der Waals surface area contributed by atoms with Gasteiger partial charge in [0.1, 0.15) is 5.75 Å². The van der Waals surface area contributed by atoms with Crippen molar-refractivity contribution in [1.82, 2.24) is 9.62 Å². The number of methoxy groups -OCH3 is 1. The molecule has 7 atom stereocenters. The lowest BCUT2D eigenvalue weighted by Crippen LogP contribution is -2.51. The molecule has 4 bridgehead atoms. The first-order chi connectivity index (χ1) is 20.2. The molecule has 1 aliphatic carbocycles. The summed E-state index contributed by atoms with van der Waals surface area (Å²) in [6, 6.07) is 15.2. The van der Waals surface area contributed by atoms with Gasteiger partial charge in [0.2, 0.25) is 15.9 Å². The lowest BCUT2D eigenvalue weighted by Gasteiger charge is -2.36. The maximum atomic E-state index is 13.7. The minimum atomic E-state index is -3.91. The van der Waals surface area contributed by atoms with Gasteiger partial charge in [0.05, 0.1) is 37.4 Å². The predicted molar refractivity (Wildman–Crippen MR) is 158 cm³/mol. The number of carbonyl (C=O) groups excluding carboxylic acids is 1. The van der Waals surface area contributed by atoms with Gasteiger partial charge in [-0.3, -0.25) is 4.79 Å². The molecule has 1 amide bonds. The van der Waals surface area contributed by atoms with Crippen LogP contribution in [0.4, 0.5) is 0 Å². The number of fused-ring (bicyclic) bond motifs is 2. The molecule has 230 valence electrons. The number of benzene rings is 2. The molecule has 42 heavy (non-hydrogen) atoms. The molecule has 3 heterocycles. The highest BCUT2D eigenvalue weighted by molar-refractivity contribution is 7.89. The third-order valence-electron chi connectivity index (χ3n) is 9.04. The Morgan fingerprint density at radius 3 is 2.43 bits per heavy atom. The van der Waals surface area contributed by atoms with E-state index in [4.69, 9.17) is 14.2 Å². The highest BCUT2D eigenvalue weighted by Crippen LogP contribution is 2.49. The Balaban J connectivity index is 1.33. The van der Waals surface area contributed by atoms with E-state index in [-0.39, 0.29) is 42.0 Å². The monoisotopic (exact) mass is 600 g/mol. The third-order valence-corrected chi connectivity index (χ3v) is 10.9. The van der Waals surface area contributed by atoms with Crippen LogP contribution in [0.3, 0.4) is 0 Å². The van der Waals surface area contributed by atoms with Crippen molar-refractivity contribution in [1.29, 1.82) is 0 Å². The first kappa shape index (κ1) is 30.9. The zero-order valence-corrected chi connectivity index (χ0v) is 25.5. The molecule has 4 aliphatic rings. The number of aliphatic hydroxyl groups is 1. The van der Waals surface area contributed by atoms with E-state index in [9.17, 15) is 18.3 Å². The zero-order chi connectivity index (χ0) is 29.9. The molecule has 2 unspecified atom stereocenters. The summed E-state index contributed by atoms with van der Waals surface area (Å²) < 4.78 is 45.8. The number of sulfonamides is 1. The van der Waals surface area contributed by atoms with Crippen LogP contribution in [0.1, 0.15) is 38.7 Å². The molecule has 3 saturated heterocycles. The van der Waals surface area contributed by atoms with Gasteiger partial charge in [0.25, 0.3) is 0 Å². The van der Waals surface area contributed by atoms with Crippen molar-refractivity contribution in [2.24, 2.45) is 29.6 Å². The average molecular weight is 601 g/mol. The minimum Gasteiger partial charge on any atom is -0.497 e. The number of hydrogen-bond donors (Lipinski definition) is 2. The number of carbonyl (C=O) groups is 1. The largest absolute Gasteiger partial charge is 0.497 e. The van der Waals surface area contributed by atoms with Crippen molar-refractivity contribution in [3.05, 3.63) is 60.2 Å². The second-order valence-electron chi connectivity index (χ2n) is 12.4. The van der Waals surface area contributed by atoms with Crippen LogP contribution in [0.15, 0.2) is 59.5 Å². The van der Waals surface area contributed by atoms with E-state index in [2.05, 4.69) is 5.32 Å². The van der Waals surface area contributed by atoms with Gasteiger partial charge in [0.15, 0.2) is 6.29 Å². The first-order valence-corrected chi connectivity index (χ1v) is 16.5. The van der Waals surface area contributed by atoms with Crippen molar-refractivity contribution >= 4 is 15.9 Å². The fraction of sp³-hybridized carbons (Fsp3) is 0.594. The summed E-state index contributed by atoms with van der Waals surface area (Å²) in [5, 5.41) is 14.7. The number of rotatable bonds is 13. The molecule has 0 spiro atoms. The van der Waals surface area contributed by atoms with Gasteiger partial charge in [-0.2, -0.15) is 4.31 Å². The van der Waals surface area contributed by atoms with Gasteiger partial charge in [-0.25, -0.2) is 8.42 Å². The molecule has 3 aliphatic heterocycles. The number of hydrogen-bond acceptors (Lipinski definition) is 7. The molecule has 4 fully saturated rings. The van der Waals surface area contributed by atoms with E-state index in [0.717, 1.165) is 18.4 Å². The summed E-state index contributed by atoms with van der Waals surface area (Å²) in [5.41, 5.74) is 0.948. The van der Waals surface area contributed by atoms with Crippen LogP contribution in [0, 0.1) is 29.6 Å². The molecule has 10 heteroatoms. The molecule has 6 rings (SSSR count). The summed E-state index contributed by atoms with van der Waals surface area (Å²) in [6.07, 6.45) is 1.53. The summed E-state index contributed by atoms with van der Waals surface area (Å²) in [6.45, 7) is 5.18. The van der Waals surface area contributed by atoms with Crippen molar-refractivity contribution in [3.63, 3.8) is 0 Å². The second-order valence-corrected chi connectivity index (χ2v) is 14.3. The van der Waals surface area contributed by atoms with Gasteiger partial charge in [-0.1, -0.05) is 44.2 Å². The van der Waals surface area contributed by atoms with Gasteiger partial charge in [-0.15, -0.1) is 0 Å². The van der Waals surface area contributed by atoms with Gasteiger partial charge in [-0.05, 0) is 72.8 Å². The summed E-state index contributed by atoms with van der Waals surface area (Å²) in [4.78, 5) is 13.7. The summed E-state index contributed by atoms with van der Waals surface area (Å²) in [7, 11) is -2.39.